The van der Waals surface area contributed by atoms with E-state index in [4.69, 9.17) is 0 Å². The Balaban J connectivity index is 2.16. The summed E-state index contributed by atoms with van der Waals surface area (Å²) in [6, 6.07) is 8.93. The number of hydrogen-bond donors (Lipinski definition) is 0. The molecule has 0 heteroatoms. The molecule has 0 nitrogen and oxygen atoms in total. The summed E-state index contributed by atoms with van der Waals surface area (Å²) in [7, 11) is 0. The third-order valence-electron chi connectivity index (χ3n) is 3.14. The number of rotatable bonds is 0. The van der Waals surface area contributed by atoms with Crippen molar-refractivity contribution in [2.75, 3.05) is 0 Å². The first kappa shape index (κ1) is 7.37. The minimum Gasteiger partial charge on any atom is -0.0658 e. The minimum absolute atomic E-state index is 1.28. The van der Waals surface area contributed by atoms with Crippen molar-refractivity contribution < 1.29 is 0 Å². The van der Waals surface area contributed by atoms with Crippen LogP contribution in [0.15, 0.2) is 29.8 Å². The summed E-state index contributed by atoms with van der Waals surface area (Å²) < 4.78 is 0. The van der Waals surface area contributed by atoms with Gasteiger partial charge in [0.05, 0.1) is 0 Å². The Kier molecular flexibility index (Phi) is 1.55. The molecule has 2 aliphatic rings. The zero-order chi connectivity index (χ0) is 8.67. The van der Waals surface area contributed by atoms with Crippen LogP contribution in [0, 0.1) is 0 Å². The molecule has 1 aromatic rings. The van der Waals surface area contributed by atoms with Crippen molar-refractivity contribution in [1.29, 1.82) is 0 Å². The van der Waals surface area contributed by atoms with E-state index in [1.54, 1.807) is 22.3 Å². The first-order valence-corrected chi connectivity index (χ1v) is 5.24. The molecule has 0 aromatic heterocycles. The van der Waals surface area contributed by atoms with E-state index >= 15 is 0 Å². The zero-order valence-corrected chi connectivity index (χ0v) is 7.84. The molecule has 3 rings (SSSR count). The standard InChI is InChI=1S/C13H14/c1-2-6-12-10(4-1)5-3-7-13(12)11-8-9-11/h1-2,4,6H,3,5,7-9H2. The summed E-state index contributed by atoms with van der Waals surface area (Å²) in [6.07, 6.45) is 6.70. The lowest BCUT2D eigenvalue weighted by Gasteiger charge is -2.18. The predicted octanol–water partition coefficient (Wildman–Crippen LogP) is 3.57. The van der Waals surface area contributed by atoms with Gasteiger partial charge in [-0.15, -0.1) is 0 Å². The smallest absolute Gasteiger partial charge is 0.0193 e. The summed E-state index contributed by atoms with van der Waals surface area (Å²) in [4.78, 5) is 0. The van der Waals surface area contributed by atoms with Gasteiger partial charge in [-0.3, -0.25) is 0 Å². The Labute approximate surface area is 79.3 Å². The molecular formula is C13H14. The van der Waals surface area contributed by atoms with Gasteiger partial charge in [0.2, 0.25) is 0 Å². The van der Waals surface area contributed by atoms with Crippen molar-refractivity contribution in [3.63, 3.8) is 0 Å². The summed E-state index contributed by atoms with van der Waals surface area (Å²) in [5, 5.41) is 0. The Morgan fingerprint density at radius 3 is 2.54 bits per heavy atom. The second kappa shape index (κ2) is 2.73. The normalized spacial score (nSPS) is 20.0. The molecule has 1 fully saturated rings. The van der Waals surface area contributed by atoms with E-state index in [0.29, 0.717) is 0 Å². The van der Waals surface area contributed by atoms with E-state index in [-0.39, 0.29) is 0 Å². The average molecular weight is 170 g/mol. The van der Waals surface area contributed by atoms with Gasteiger partial charge in [-0.25, -0.2) is 0 Å². The third kappa shape index (κ3) is 1.21. The van der Waals surface area contributed by atoms with Crippen LogP contribution in [0.4, 0.5) is 0 Å². The second-order valence-corrected chi connectivity index (χ2v) is 4.09. The third-order valence-corrected chi connectivity index (χ3v) is 3.14. The van der Waals surface area contributed by atoms with E-state index in [0.717, 1.165) is 0 Å². The SMILES string of the molecule is c1ccc2c(c1)CCCC2=C1CC1. The maximum Gasteiger partial charge on any atom is -0.0193 e. The molecule has 0 unspecified atom stereocenters. The molecule has 0 amide bonds. The Bertz CT molecular complexity index is 365. The second-order valence-electron chi connectivity index (χ2n) is 4.09. The van der Waals surface area contributed by atoms with Crippen LogP contribution in [-0.2, 0) is 6.42 Å². The Morgan fingerprint density at radius 2 is 1.69 bits per heavy atom. The van der Waals surface area contributed by atoms with Crippen LogP contribution >= 0.6 is 0 Å². The first-order chi connectivity index (χ1) is 6.45. The maximum absolute atomic E-state index is 2.30. The lowest BCUT2D eigenvalue weighted by Crippen LogP contribution is -2.00. The molecule has 2 aliphatic carbocycles. The van der Waals surface area contributed by atoms with Gasteiger partial charge in [0.15, 0.2) is 0 Å². The molecule has 1 saturated carbocycles. The fourth-order valence-electron chi connectivity index (χ4n) is 2.35. The topological polar surface area (TPSA) is 0 Å². The van der Waals surface area contributed by atoms with Crippen LogP contribution in [0.1, 0.15) is 36.8 Å². The monoisotopic (exact) mass is 170 g/mol. The molecule has 0 radical (unpaired) electrons. The van der Waals surface area contributed by atoms with E-state index in [1.165, 1.54) is 32.1 Å². The van der Waals surface area contributed by atoms with Gasteiger partial charge in [-0.05, 0) is 48.8 Å². The van der Waals surface area contributed by atoms with Crippen molar-refractivity contribution in [2.45, 2.75) is 32.1 Å². The van der Waals surface area contributed by atoms with Gasteiger partial charge in [0.25, 0.3) is 0 Å². The highest BCUT2D eigenvalue weighted by Crippen LogP contribution is 2.42. The van der Waals surface area contributed by atoms with Crippen molar-refractivity contribution in [3.8, 4) is 0 Å². The molecule has 1 aromatic carbocycles. The van der Waals surface area contributed by atoms with Gasteiger partial charge in [-0.2, -0.15) is 0 Å². The summed E-state index contributed by atoms with van der Waals surface area (Å²) in [5.74, 6) is 0. The van der Waals surface area contributed by atoms with Crippen molar-refractivity contribution in [2.24, 2.45) is 0 Å². The molecule has 0 spiro atoms. The number of fused-ring (bicyclic) bond motifs is 1. The average Bonchev–Trinajstić information content (AvgIpc) is 3.00. The lowest BCUT2D eigenvalue weighted by atomic mass is 9.87. The van der Waals surface area contributed by atoms with E-state index in [9.17, 15) is 0 Å². The zero-order valence-electron chi connectivity index (χ0n) is 7.84. The fourth-order valence-corrected chi connectivity index (χ4v) is 2.35. The van der Waals surface area contributed by atoms with Crippen molar-refractivity contribution >= 4 is 5.57 Å². The quantitative estimate of drug-likeness (QED) is 0.558. The van der Waals surface area contributed by atoms with Gasteiger partial charge >= 0.3 is 0 Å². The van der Waals surface area contributed by atoms with Crippen LogP contribution < -0.4 is 0 Å². The van der Waals surface area contributed by atoms with Gasteiger partial charge < -0.3 is 0 Å². The molecule has 0 heterocycles. The number of benzene rings is 1. The first-order valence-electron chi connectivity index (χ1n) is 5.24. The molecule has 66 valence electrons. The van der Waals surface area contributed by atoms with Gasteiger partial charge in [-0.1, -0.05) is 29.8 Å². The summed E-state index contributed by atoms with van der Waals surface area (Å²) >= 11 is 0. The maximum atomic E-state index is 2.30. The number of allylic oxidation sites excluding steroid dienone is 2. The van der Waals surface area contributed by atoms with Crippen molar-refractivity contribution in [1.82, 2.24) is 0 Å². The molecule has 0 atom stereocenters. The predicted molar refractivity (Wildman–Crippen MR) is 55.5 cm³/mol. The lowest BCUT2D eigenvalue weighted by molar-refractivity contribution is 0.821. The van der Waals surface area contributed by atoms with Crippen LogP contribution in [0.5, 0.6) is 0 Å². The van der Waals surface area contributed by atoms with E-state index in [2.05, 4.69) is 24.3 Å². The van der Waals surface area contributed by atoms with E-state index in [1.807, 2.05) is 0 Å². The minimum atomic E-state index is 1.28. The van der Waals surface area contributed by atoms with E-state index < -0.39 is 0 Å². The molecular weight excluding hydrogens is 156 g/mol. The molecule has 0 N–H and O–H groups in total. The highest BCUT2D eigenvalue weighted by atomic mass is 14.3. The highest BCUT2D eigenvalue weighted by molar-refractivity contribution is 5.74. The van der Waals surface area contributed by atoms with Crippen LogP contribution in [0.3, 0.4) is 0 Å². The van der Waals surface area contributed by atoms with Crippen LogP contribution in [-0.4, -0.2) is 0 Å². The van der Waals surface area contributed by atoms with Gasteiger partial charge in [0, 0.05) is 0 Å². The molecule has 0 bridgehead atoms. The van der Waals surface area contributed by atoms with Gasteiger partial charge in [0.1, 0.15) is 0 Å². The molecule has 0 saturated heterocycles. The molecule has 13 heavy (non-hydrogen) atoms. The molecule has 0 aliphatic heterocycles. The Hall–Kier alpha value is -1.04. The summed E-state index contributed by atoms with van der Waals surface area (Å²) in [6.45, 7) is 0. The number of hydrogen-bond acceptors (Lipinski definition) is 0. The summed E-state index contributed by atoms with van der Waals surface area (Å²) in [5.41, 5.74) is 6.54. The van der Waals surface area contributed by atoms with Crippen molar-refractivity contribution in [3.05, 3.63) is 41.0 Å². The highest BCUT2D eigenvalue weighted by Gasteiger charge is 2.22. The Morgan fingerprint density at radius 1 is 0.846 bits per heavy atom. The van der Waals surface area contributed by atoms with Crippen LogP contribution in [0.25, 0.3) is 5.57 Å². The largest absolute Gasteiger partial charge is 0.0658 e. The number of aryl methyl sites for hydroxylation is 1. The fraction of sp³-hybridized carbons (Fsp3) is 0.385. The van der Waals surface area contributed by atoms with Crippen LogP contribution in [0.2, 0.25) is 0 Å².